The van der Waals surface area contributed by atoms with Crippen LogP contribution in [0.5, 0.6) is 0 Å². The summed E-state index contributed by atoms with van der Waals surface area (Å²) < 4.78 is 0. The van der Waals surface area contributed by atoms with Crippen LogP contribution in [0.1, 0.15) is 38.2 Å². The minimum atomic E-state index is 1.26. The summed E-state index contributed by atoms with van der Waals surface area (Å²) in [5, 5.41) is 0. The molecule has 1 aliphatic rings. The van der Waals surface area contributed by atoms with E-state index in [2.05, 4.69) is 30.4 Å². The van der Waals surface area contributed by atoms with E-state index >= 15 is 0 Å². The van der Waals surface area contributed by atoms with Crippen LogP contribution in [0.15, 0.2) is 48.6 Å². The van der Waals surface area contributed by atoms with E-state index in [0.29, 0.717) is 0 Å². The van der Waals surface area contributed by atoms with Crippen LogP contribution >= 0.6 is 0 Å². The summed E-state index contributed by atoms with van der Waals surface area (Å²) in [6, 6.07) is 10.3. The molecular weight excluding hydrogens is 180 g/mol. The summed E-state index contributed by atoms with van der Waals surface area (Å²) in [4.78, 5) is 0. The highest BCUT2D eigenvalue weighted by atomic mass is 13.9. The van der Waals surface area contributed by atoms with Gasteiger partial charge in [0.2, 0.25) is 0 Å². The Kier molecular flexibility index (Phi) is 6.31. The van der Waals surface area contributed by atoms with E-state index in [0.717, 1.165) is 0 Å². The molecule has 0 fully saturated rings. The lowest BCUT2D eigenvalue weighted by atomic mass is 10.1. The number of hydrogen-bond acceptors (Lipinski definition) is 0. The average Bonchev–Trinajstić information content (AvgIpc) is 2.34. The molecule has 0 bridgehead atoms. The number of benzene rings is 1. The minimum Gasteiger partial charge on any atom is -0.0885 e. The van der Waals surface area contributed by atoms with Gasteiger partial charge in [-0.25, -0.2) is 0 Å². The molecule has 1 aromatic rings. The fraction of sp³-hybridized carbons (Fsp3) is 0.333. The molecule has 0 nitrogen and oxygen atoms in total. The molecule has 2 rings (SSSR count). The first kappa shape index (κ1) is 11.8. The van der Waals surface area contributed by atoms with Crippen molar-refractivity contribution in [2.75, 3.05) is 0 Å². The molecule has 0 aromatic heterocycles. The van der Waals surface area contributed by atoms with E-state index in [-0.39, 0.29) is 0 Å². The molecule has 1 aromatic carbocycles. The molecule has 0 saturated heterocycles. The predicted octanol–water partition coefficient (Wildman–Crippen LogP) is 4.84. The lowest BCUT2D eigenvalue weighted by Crippen LogP contribution is -1.77. The molecule has 0 unspecified atom stereocenters. The Bertz CT molecular complexity index is 285. The third-order valence-electron chi connectivity index (χ3n) is 2.32. The highest BCUT2D eigenvalue weighted by Gasteiger charge is 1.87. The number of rotatable bonds is 1. The van der Waals surface area contributed by atoms with Crippen LogP contribution in [0.25, 0.3) is 6.08 Å². The van der Waals surface area contributed by atoms with E-state index in [4.69, 9.17) is 0 Å². The average molecular weight is 200 g/mol. The summed E-state index contributed by atoms with van der Waals surface area (Å²) >= 11 is 0. The van der Waals surface area contributed by atoms with Gasteiger partial charge in [-0.15, -0.1) is 0 Å². The lowest BCUT2D eigenvalue weighted by Gasteiger charge is -1.97. The van der Waals surface area contributed by atoms with Crippen LogP contribution in [0.3, 0.4) is 0 Å². The first-order valence-electron chi connectivity index (χ1n) is 5.76. The van der Waals surface area contributed by atoms with Gasteiger partial charge in [0, 0.05) is 0 Å². The standard InChI is InChI=1S/C9H10.C6H10/c1-2-6-9-7-4-3-5-8-9;1-2-4-6-5-3-1/h2-8H,1H3;1-2H,3-6H2/b6-2+;. The van der Waals surface area contributed by atoms with Gasteiger partial charge in [0.25, 0.3) is 0 Å². The quantitative estimate of drug-likeness (QED) is 0.569. The van der Waals surface area contributed by atoms with Gasteiger partial charge in [-0.3, -0.25) is 0 Å². The SMILES string of the molecule is C/C=C/c1ccccc1.C1=CCCCC1. The smallest absolute Gasteiger partial charge is 0.0260 e. The largest absolute Gasteiger partial charge is 0.0885 e. The zero-order chi connectivity index (χ0) is 10.8. The van der Waals surface area contributed by atoms with E-state index in [1.807, 2.05) is 31.2 Å². The molecule has 1 aliphatic carbocycles. The Balaban J connectivity index is 0.000000162. The molecule has 15 heavy (non-hydrogen) atoms. The topological polar surface area (TPSA) is 0 Å². The van der Waals surface area contributed by atoms with Crippen molar-refractivity contribution in [1.29, 1.82) is 0 Å². The van der Waals surface area contributed by atoms with Gasteiger partial charge in [-0.05, 0) is 38.2 Å². The number of hydrogen-bond donors (Lipinski definition) is 0. The second-order valence-corrected chi connectivity index (χ2v) is 3.67. The predicted molar refractivity (Wildman–Crippen MR) is 68.8 cm³/mol. The summed E-state index contributed by atoms with van der Waals surface area (Å²) in [5.74, 6) is 0. The molecular formula is C15H20. The van der Waals surface area contributed by atoms with Crippen molar-refractivity contribution in [3.8, 4) is 0 Å². The van der Waals surface area contributed by atoms with Gasteiger partial charge < -0.3 is 0 Å². The maximum atomic E-state index is 2.27. The van der Waals surface area contributed by atoms with Crippen molar-refractivity contribution < 1.29 is 0 Å². The molecule has 0 N–H and O–H groups in total. The van der Waals surface area contributed by atoms with Gasteiger partial charge in [0.15, 0.2) is 0 Å². The summed E-state index contributed by atoms with van der Waals surface area (Å²) in [7, 11) is 0. The maximum Gasteiger partial charge on any atom is -0.0260 e. The first-order valence-corrected chi connectivity index (χ1v) is 5.76. The van der Waals surface area contributed by atoms with Crippen LogP contribution in [0.4, 0.5) is 0 Å². The molecule has 0 heteroatoms. The van der Waals surface area contributed by atoms with E-state index in [9.17, 15) is 0 Å². The molecule has 0 radical (unpaired) electrons. The molecule has 0 heterocycles. The lowest BCUT2D eigenvalue weighted by molar-refractivity contribution is 0.730. The molecule has 0 spiro atoms. The van der Waals surface area contributed by atoms with Gasteiger partial charge in [0.05, 0.1) is 0 Å². The van der Waals surface area contributed by atoms with Crippen molar-refractivity contribution in [1.82, 2.24) is 0 Å². The van der Waals surface area contributed by atoms with Crippen molar-refractivity contribution in [3.05, 3.63) is 54.1 Å². The molecule has 0 aliphatic heterocycles. The second kappa shape index (κ2) is 8.05. The third-order valence-corrected chi connectivity index (χ3v) is 2.32. The van der Waals surface area contributed by atoms with Gasteiger partial charge >= 0.3 is 0 Å². The van der Waals surface area contributed by atoms with Crippen molar-refractivity contribution in [2.45, 2.75) is 32.6 Å². The second-order valence-electron chi connectivity index (χ2n) is 3.67. The highest BCUT2D eigenvalue weighted by Crippen LogP contribution is 2.07. The summed E-state index contributed by atoms with van der Waals surface area (Å²) in [6.07, 6.45) is 14.1. The van der Waals surface area contributed by atoms with Crippen LogP contribution in [0, 0.1) is 0 Å². The van der Waals surface area contributed by atoms with Crippen molar-refractivity contribution in [2.24, 2.45) is 0 Å². The van der Waals surface area contributed by atoms with Crippen LogP contribution < -0.4 is 0 Å². The first-order chi connectivity index (χ1) is 7.43. The Labute approximate surface area is 93.3 Å². The van der Waals surface area contributed by atoms with Gasteiger partial charge in [0.1, 0.15) is 0 Å². The zero-order valence-electron chi connectivity index (χ0n) is 9.52. The van der Waals surface area contributed by atoms with Gasteiger partial charge in [-0.2, -0.15) is 0 Å². The Morgan fingerprint density at radius 3 is 1.93 bits per heavy atom. The Morgan fingerprint density at radius 1 is 0.933 bits per heavy atom. The fourth-order valence-corrected chi connectivity index (χ4v) is 1.52. The number of allylic oxidation sites excluding steroid dienone is 3. The fourth-order valence-electron chi connectivity index (χ4n) is 1.52. The Hall–Kier alpha value is -1.30. The molecule has 0 amide bonds. The van der Waals surface area contributed by atoms with Crippen LogP contribution in [-0.2, 0) is 0 Å². The van der Waals surface area contributed by atoms with E-state index in [1.54, 1.807) is 0 Å². The maximum absolute atomic E-state index is 2.27. The van der Waals surface area contributed by atoms with E-state index < -0.39 is 0 Å². The summed E-state index contributed by atoms with van der Waals surface area (Å²) in [5.41, 5.74) is 1.26. The van der Waals surface area contributed by atoms with Crippen LogP contribution in [0.2, 0.25) is 0 Å². The van der Waals surface area contributed by atoms with Crippen molar-refractivity contribution in [3.63, 3.8) is 0 Å². The normalized spacial score (nSPS) is 14.7. The van der Waals surface area contributed by atoms with E-state index in [1.165, 1.54) is 31.2 Å². The zero-order valence-corrected chi connectivity index (χ0v) is 9.52. The third kappa shape index (κ3) is 5.90. The molecule has 0 atom stereocenters. The summed E-state index contributed by atoms with van der Waals surface area (Å²) in [6.45, 7) is 2.02. The monoisotopic (exact) mass is 200 g/mol. The van der Waals surface area contributed by atoms with Crippen LogP contribution in [-0.4, -0.2) is 0 Å². The molecule has 80 valence electrons. The van der Waals surface area contributed by atoms with Gasteiger partial charge in [-0.1, -0.05) is 54.6 Å². The van der Waals surface area contributed by atoms with Crippen molar-refractivity contribution >= 4 is 6.08 Å². The minimum absolute atomic E-state index is 1.26. The molecule has 0 saturated carbocycles. The highest BCUT2D eigenvalue weighted by molar-refractivity contribution is 5.47. The Morgan fingerprint density at radius 2 is 1.53 bits per heavy atom.